The van der Waals surface area contributed by atoms with Gasteiger partial charge in [0.25, 0.3) is 0 Å². The van der Waals surface area contributed by atoms with Gasteiger partial charge in [0, 0.05) is 12.6 Å². The van der Waals surface area contributed by atoms with Crippen LogP contribution in [0.5, 0.6) is 0 Å². The maximum absolute atomic E-state index is 10.9. The molecule has 0 amide bonds. The Kier molecular flexibility index (Phi) is 4.90. The van der Waals surface area contributed by atoms with Crippen molar-refractivity contribution in [2.45, 2.75) is 39.3 Å². The molecule has 114 valence electrons. The summed E-state index contributed by atoms with van der Waals surface area (Å²) in [5.74, 6) is -0.942. The molecule has 1 aromatic heterocycles. The predicted molar refractivity (Wildman–Crippen MR) is 81.5 cm³/mol. The first-order valence-corrected chi connectivity index (χ1v) is 7.26. The Morgan fingerprint density at radius 2 is 2.14 bits per heavy atom. The van der Waals surface area contributed by atoms with Crippen molar-refractivity contribution < 1.29 is 9.90 Å². The smallest absolute Gasteiger partial charge is 0.335 e. The summed E-state index contributed by atoms with van der Waals surface area (Å²) in [5.41, 5.74) is 1.76. The third-order valence-corrected chi connectivity index (χ3v) is 3.77. The normalized spacial score (nSPS) is 11.7. The SMILES string of the molecule is CC(C)N(C)CCCCn1nnc2cc(C(=O)O)ccc21. The van der Waals surface area contributed by atoms with Crippen molar-refractivity contribution in [3.05, 3.63) is 23.8 Å². The Labute approximate surface area is 124 Å². The first-order chi connectivity index (χ1) is 9.99. The number of hydrogen-bond donors (Lipinski definition) is 1. The van der Waals surface area contributed by atoms with Crippen molar-refractivity contribution in [2.24, 2.45) is 0 Å². The number of hydrogen-bond acceptors (Lipinski definition) is 4. The lowest BCUT2D eigenvalue weighted by Crippen LogP contribution is -2.27. The number of nitrogens with zero attached hydrogens (tertiary/aromatic N) is 4. The van der Waals surface area contributed by atoms with Crippen LogP contribution < -0.4 is 0 Å². The number of aromatic carboxylic acids is 1. The zero-order valence-electron chi connectivity index (χ0n) is 12.8. The molecule has 2 aromatic rings. The van der Waals surface area contributed by atoms with E-state index in [9.17, 15) is 4.79 Å². The van der Waals surface area contributed by atoms with Crippen LogP contribution >= 0.6 is 0 Å². The monoisotopic (exact) mass is 290 g/mol. The molecule has 0 radical (unpaired) electrons. The van der Waals surface area contributed by atoms with Crippen LogP contribution in [0.2, 0.25) is 0 Å². The molecule has 0 fully saturated rings. The van der Waals surface area contributed by atoms with Crippen LogP contribution in [0.25, 0.3) is 11.0 Å². The Hall–Kier alpha value is -1.95. The lowest BCUT2D eigenvalue weighted by Gasteiger charge is -2.20. The van der Waals surface area contributed by atoms with E-state index < -0.39 is 5.97 Å². The highest BCUT2D eigenvalue weighted by Gasteiger charge is 2.09. The Balaban J connectivity index is 1.95. The second-order valence-electron chi connectivity index (χ2n) is 5.60. The molecule has 0 saturated heterocycles. The minimum absolute atomic E-state index is 0.244. The molecular weight excluding hydrogens is 268 g/mol. The van der Waals surface area contributed by atoms with Gasteiger partial charge in [0.2, 0.25) is 0 Å². The molecule has 0 spiro atoms. The number of rotatable bonds is 7. The molecule has 0 unspecified atom stereocenters. The quantitative estimate of drug-likeness (QED) is 0.792. The van der Waals surface area contributed by atoms with Crippen LogP contribution in [0.3, 0.4) is 0 Å². The third-order valence-electron chi connectivity index (χ3n) is 3.77. The average Bonchev–Trinajstić information content (AvgIpc) is 2.85. The molecule has 0 bridgehead atoms. The highest BCUT2D eigenvalue weighted by Crippen LogP contribution is 2.14. The van der Waals surface area contributed by atoms with Crippen LogP contribution in [-0.4, -0.2) is 50.6 Å². The van der Waals surface area contributed by atoms with E-state index >= 15 is 0 Å². The molecule has 2 rings (SSSR count). The molecule has 0 aliphatic rings. The van der Waals surface area contributed by atoms with Gasteiger partial charge in [-0.15, -0.1) is 5.10 Å². The number of carboxylic acid groups (broad SMARTS) is 1. The number of carbonyl (C=O) groups is 1. The van der Waals surface area contributed by atoms with Crippen LogP contribution in [0.1, 0.15) is 37.0 Å². The standard InChI is InChI=1S/C15H22N4O2/c1-11(2)18(3)8-4-5-9-19-14-7-6-12(15(20)21)10-13(14)16-17-19/h6-7,10-11H,4-5,8-9H2,1-3H3,(H,20,21). The van der Waals surface area contributed by atoms with Crippen molar-refractivity contribution in [2.75, 3.05) is 13.6 Å². The summed E-state index contributed by atoms with van der Waals surface area (Å²) >= 11 is 0. The summed E-state index contributed by atoms with van der Waals surface area (Å²) in [6, 6.07) is 5.50. The van der Waals surface area contributed by atoms with E-state index in [0.717, 1.165) is 31.4 Å². The minimum atomic E-state index is -0.942. The summed E-state index contributed by atoms with van der Waals surface area (Å²) in [7, 11) is 2.13. The van der Waals surface area contributed by atoms with Gasteiger partial charge in [-0.25, -0.2) is 9.48 Å². The second-order valence-corrected chi connectivity index (χ2v) is 5.60. The van der Waals surface area contributed by atoms with E-state index in [0.29, 0.717) is 11.6 Å². The van der Waals surface area contributed by atoms with Gasteiger partial charge < -0.3 is 10.0 Å². The van der Waals surface area contributed by atoms with Gasteiger partial charge in [-0.05, 0) is 58.5 Å². The predicted octanol–water partition coefficient (Wildman–Crippen LogP) is 2.25. The van der Waals surface area contributed by atoms with Gasteiger partial charge in [-0.2, -0.15) is 0 Å². The first-order valence-electron chi connectivity index (χ1n) is 7.26. The number of unbranched alkanes of at least 4 members (excludes halogenated alkanes) is 1. The summed E-state index contributed by atoms with van der Waals surface area (Å²) in [6.07, 6.45) is 2.12. The van der Waals surface area contributed by atoms with Crippen molar-refractivity contribution in [3.8, 4) is 0 Å². The molecule has 6 nitrogen and oxygen atoms in total. The van der Waals surface area contributed by atoms with E-state index in [1.807, 2.05) is 4.68 Å². The summed E-state index contributed by atoms with van der Waals surface area (Å²) in [6.45, 7) is 6.23. The highest BCUT2D eigenvalue weighted by molar-refractivity contribution is 5.92. The molecule has 0 aliphatic heterocycles. The summed E-state index contributed by atoms with van der Waals surface area (Å²) < 4.78 is 1.84. The van der Waals surface area contributed by atoms with Gasteiger partial charge in [-0.1, -0.05) is 5.21 Å². The number of benzene rings is 1. The fraction of sp³-hybridized carbons (Fsp3) is 0.533. The Bertz CT molecular complexity index is 621. The van der Waals surface area contributed by atoms with Crippen LogP contribution in [0.15, 0.2) is 18.2 Å². The van der Waals surface area contributed by atoms with Crippen molar-refractivity contribution >= 4 is 17.0 Å². The van der Waals surface area contributed by atoms with Gasteiger partial charge in [0.15, 0.2) is 0 Å². The van der Waals surface area contributed by atoms with Crippen molar-refractivity contribution in [1.29, 1.82) is 0 Å². The number of fused-ring (bicyclic) bond motifs is 1. The molecule has 1 N–H and O–H groups in total. The van der Waals surface area contributed by atoms with Crippen molar-refractivity contribution in [3.63, 3.8) is 0 Å². The fourth-order valence-electron chi connectivity index (χ4n) is 2.15. The highest BCUT2D eigenvalue weighted by atomic mass is 16.4. The molecule has 21 heavy (non-hydrogen) atoms. The van der Waals surface area contributed by atoms with Crippen LogP contribution in [0.4, 0.5) is 0 Å². The van der Waals surface area contributed by atoms with E-state index in [-0.39, 0.29) is 5.56 Å². The topological polar surface area (TPSA) is 71.2 Å². The lowest BCUT2D eigenvalue weighted by molar-refractivity contribution is 0.0697. The van der Waals surface area contributed by atoms with E-state index in [4.69, 9.17) is 5.11 Å². The van der Waals surface area contributed by atoms with Crippen LogP contribution in [0, 0.1) is 0 Å². The Morgan fingerprint density at radius 1 is 1.38 bits per heavy atom. The summed E-state index contributed by atoms with van der Waals surface area (Å²) in [5, 5.41) is 17.1. The van der Waals surface area contributed by atoms with Gasteiger partial charge in [0.05, 0.1) is 11.1 Å². The molecule has 0 atom stereocenters. The zero-order chi connectivity index (χ0) is 15.4. The second kappa shape index (κ2) is 6.67. The number of aryl methyl sites for hydroxylation is 1. The molecular formula is C15H22N4O2. The molecule has 0 saturated carbocycles. The molecule has 1 heterocycles. The lowest BCUT2D eigenvalue weighted by atomic mass is 10.2. The fourth-order valence-corrected chi connectivity index (χ4v) is 2.15. The minimum Gasteiger partial charge on any atom is -0.478 e. The average molecular weight is 290 g/mol. The van der Waals surface area contributed by atoms with Gasteiger partial charge in [-0.3, -0.25) is 0 Å². The number of carboxylic acids is 1. The Morgan fingerprint density at radius 3 is 2.81 bits per heavy atom. The summed E-state index contributed by atoms with van der Waals surface area (Å²) in [4.78, 5) is 13.2. The van der Waals surface area contributed by atoms with Crippen LogP contribution in [-0.2, 0) is 6.54 Å². The number of aromatic nitrogens is 3. The third kappa shape index (κ3) is 3.78. The molecule has 1 aromatic carbocycles. The largest absolute Gasteiger partial charge is 0.478 e. The van der Waals surface area contributed by atoms with Gasteiger partial charge in [0.1, 0.15) is 5.52 Å². The zero-order valence-corrected chi connectivity index (χ0v) is 12.8. The van der Waals surface area contributed by atoms with E-state index in [2.05, 4.69) is 36.1 Å². The maximum Gasteiger partial charge on any atom is 0.335 e. The first kappa shape index (κ1) is 15.4. The molecule has 0 aliphatic carbocycles. The van der Waals surface area contributed by atoms with Gasteiger partial charge >= 0.3 is 5.97 Å². The maximum atomic E-state index is 10.9. The van der Waals surface area contributed by atoms with E-state index in [1.165, 1.54) is 0 Å². The van der Waals surface area contributed by atoms with Crippen molar-refractivity contribution in [1.82, 2.24) is 19.9 Å². The molecule has 6 heteroatoms. The van der Waals surface area contributed by atoms with E-state index in [1.54, 1.807) is 18.2 Å².